The van der Waals surface area contributed by atoms with Crippen LogP contribution in [0.4, 0.5) is 0 Å². The summed E-state index contributed by atoms with van der Waals surface area (Å²) in [5, 5.41) is 1.82. The summed E-state index contributed by atoms with van der Waals surface area (Å²) in [6.07, 6.45) is 6.07. The molecule has 4 rings (SSSR count). The van der Waals surface area contributed by atoms with Gasteiger partial charge in [0, 0.05) is 39.1 Å². The van der Waals surface area contributed by atoms with E-state index in [4.69, 9.17) is 55.9 Å². The van der Waals surface area contributed by atoms with E-state index in [2.05, 4.69) is 9.98 Å². The monoisotopic (exact) mass is 746 g/mol. The molecule has 0 unspecified atom stereocenters. The Morgan fingerprint density at radius 1 is 0.652 bits per heavy atom. The molecule has 2 aromatic heterocycles. The van der Waals surface area contributed by atoms with Gasteiger partial charge in [0.15, 0.2) is 9.60 Å². The van der Waals surface area contributed by atoms with E-state index in [1.165, 1.54) is 22.7 Å². The van der Waals surface area contributed by atoms with Crippen molar-refractivity contribution in [2.45, 2.75) is 78.3 Å². The molecule has 0 radical (unpaired) electrons. The van der Waals surface area contributed by atoms with Crippen LogP contribution in [-0.4, -0.2) is 47.4 Å². The van der Waals surface area contributed by atoms with Crippen LogP contribution in [0.15, 0.2) is 34.3 Å². The van der Waals surface area contributed by atoms with E-state index in [0.717, 1.165) is 59.0 Å². The van der Waals surface area contributed by atoms with Gasteiger partial charge in [-0.2, -0.15) is 9.98 Å². The highest BCUT2D eigenvalue weighted by molar-refractivity contribution is 7.16. The molecule has 46 heavy (non-hydrogen) atoms. The second-order valence-electron chi connectivity index (χ2n) is 10.5. The number of hydrogen-bond donors (Lipinski definition) is 0. The van der Waals surface area contributed by atoms with Crippen molar-refractivity contribution >= 4 is 101 Å². The molecular weight excluding hydrogens is 710 g/mol. The molecular formula is C32H38Cl4N4O4S2. The molecule has 2 aromatic carbocycles. The van der Waals surface area contributed by atoms with Crippen molar-refractivity contribution in [2.24, 2.45) is 9.98 Å². The molecule has 0 aliphatic carbocycles. The SMILES string of the molecule is CCOCCn1c(=NC(=O)CCCCCCCCC(=O)N=c2sc3ccc(Cl)c(Cl)c3n2CCOCC)sc2ccc(Cl)c(Cl)c21. The van der Waals surface area contributed by atoms with Gasteiger partial charge in [0.1, 0.15) is 0 Å². The second kappa shape index (κ2) is 18.7. The van der Waals surface area contributed by atoms with E-state index in [-0.39, 0.29) is 11.8 Å². The highest BCUT2D eigenvalue weighted by Gasteiger charge is 2.15. The molecule has 0 aliphatic heterocycles. The first-order valence-electron chi connectivity index (χ1n) is 15.5. The number of amides is 2. The number of hydrogen-bond acceptors (Lipinski definition) is 6. The average molecular weight is 749 g/mol. The van der Waals surface area contributed by atoms with Gasteiger partial charge in [-0.05, 0) is 51.0 Å². The first kappa shape index (κ1) is 37.1. The number of fused-ring (bicyclic) bond motifs is 2. The van der Waals surface area contributed by atoms with E-state index < -0.39 is 0 Å². The quantitative estimate of drug-likeness (QED) is 0.101. The summed E-state index contributed by atoms with van der Waals surface area (Å²) in [4.78, 5) is 35.5. The van der Waals surface area contributed by atoms with E-state index in [9.17, 15) is 9.59 Å². The van der Waals surface area contributed by atoms with Gasteiger partial charge < -0.3 is 18.6 Å². The third-order valence-electron chi connectivity index (χ3n) is 7.27. The van der Waals surface area contributed by atoms with Crippen molar-refractivity contribution in [3.05, 3.63) is 54.0 Å². The number of rotatable bonds is 17. The van der Waals surface area contributed by atoms with Gasteiger partial charge in [-0.25, -0.2) is 0 Å². The molecule has 0 saturated carbocycles. The number of carbonyl (C=O) groups excluding carboxylic acids is 2. The summed E-state index contributed by atoms with van der Waals surface area (Å²) in [6, 6.07) is 7.30. The molecule has 14 heteroatoms. The van der Waals surface area contributed by atoms with Crippen LogP contribution in [0, 0.1) is 0 Å². The molecule has 0 aliphatic rings. The Morgan fingerprint density at radius 2 is 1.04 bits per heavy atom. The van der Waals surface area contributed by atoms with Crippen LogP contribution in [0.3, 0.4) is 0 Å². The van der Waals surface area contributed by atoms with Crippen molar-refractivity contribution in [1.29, 1.82) is 0 Å². The molecule has 2 amide bonds. The standard InChI is InChI=1S/C32H38Cl4N4O4S2/c1-3-43-19-17-39-29-23(15-13-21(33)27(29)35)45-31(39)37-25(41)11-9-7-5-6-8-10-12-26(42)38-32-40(18-20-44-4-2)30-24(46-32)16-14-22(34)28(30)36/h13-16H,3-12,17-20H2,1-2H3. The highest BCUT2D eigenvalue weighted by Crippen LogP contribution is 2.33. The Kier molecular flexibility index (Phi) is 15.1. The Bertz CT molecular complexity index is 1660. The number of nitrogens with zero attached hydrogens (tertiary/aromatic N) is 4. The zero-order valence-electron chi connectivity index (χ0n) is 26.0. The van der Waals surface area contributed by atoms with Crippen LogP contribution in [0.25, 0.3) is 20.4 Å². The predicted octanol–water partition coefficient (Wildman–Crippen LogP) is 9.08. The summed E-state index contributed by atoms with van der Waals surface area (Å²) in [5.74, 6) is -0.316. The van der Waals surface area contributed by atoms with Crippen LogP contribution >= 0.6 is 69.1 Å². The summed E-state index contributed by atoms with van der Waals surface area (Å²) in [7, 11) is 0. The van der Waals surface area contributed by atoms with E-state index >= 15 is 0 Å². The predicted molar refractivity (Wildman–Crippen MR) is 191 cm³/mol. The average Bonchev–Trinajstić information content (AvgIpc) is 3.56. The first-order valence-corrected chi connectivity index (χ1v) is 18.6. The normalized spacial score (nSPS) is 12.7. The van der Waals surface area contributed by atoms with Gasteiger partial charge in [0.2, 0.25) is 11.8 Å². The number of ether oxygens (including phenoxy) is 2. The molecule has 8 nitrogen and oxygen atoms in total. The Balaban J connectivity index is 1.24. The maximum Gasteiger partial charge on any atom is 0.248 e. The van der Waals surface area contributed by atoms with E-state index in [1.54, 1.807) is 12.1 Å². The Labute approximate surface area is 296 Å². The molecule has 0 bridgehead atoms. The van der Waals surface area contributed by atoms with Crippen molar-refractivity contribution in [3.63, 3.8) is 0 Å². The fourth-order valence-electron chi connectivity index (χ4n) is 4.98. The number of halogens is 4. The Hall–Kier alpha value is -1.76. The van der Waals surface area contributed by atoms with Crippen LogP contribution in [-0.2, 0) is 32.2 Å². The minimum Gasteiger partial charge on any atom is -0.380 e. The van der Waals surface area contributed by atoms with Crippen molar-refractivity contribution < 1.29 is 19.1 Å². The molecule has 0 N–H and O–H groups in total. The highest BCUT2D eigenvalue weighted by atomic mass is 35.5. The summed E-state index contributed by atoms with van der Waals surface area (Å²) < 4.78 is 16.7. The molecule has 250 valence electrons. The maximum atomic E-state index is 12.7. The minimum absolute atomic E-state index is 0.158. The summed E-state index contributed by atoms with van der Waals surface area (Å²) in [6.45, 7) is 7.09. The van der Waals surface area contributed by atoms with Gasteiger partial charge in [-0.1, -0.05) is 94.8 Å². The lowest BCUT2D eigenvalue weighted by atomic mass is 10.1. The Morgan fingerprint density at radius 3 is 1.43 bits per heavy atom. The maximum absolute atomic E-state index is 12.7. The van der Waals surface area contributed by atoms with Gasteiger partial charge in [0.05, 0.1) is 53.7 Å². The lowest BCUT2D eigenvalue weighted by Crippen LogP contribution is -2.20. The number of benzene rings is 2. The van der Waals surface area contributed by atoms with Crippen molar-refractivity contribution in [1.82, 2.24) is 9.13 Å². The molecule has 0 fully saturated rings. The summed E-state index contributed by atoms with van der Waals surface area (Å²) >= 11 is 28.4. The zero-order chi connectivity index (χ0) is 33.1. The lowest BCUT2D eigenvalue weighted by Gasteiger charge is -2.07. The molecule has 0 atom stereocenters. The van der Waals surface area contributed by atoms with Crippen molar-refractivity contribution in [2.75, 3.05) is 26.4 Å². The third kappa shape index (κ3) is 9.89. The molecule has 4 aromatic rings. The van der Waals surface area contributed by atoms with Crippen molar-refractivity contribution in [3.8, 4) is 0 Å². The fraction of sp³-hybridized carbons (Fsp3) is 0.500. The van der Waals surface area contributed by atoms with E-state index in [1.807, 2.05) is 35.1 Å². The van der Waals surface area contributed by atoms with Gasteiger partial charge >= 0.3 is 0 Å². The van der Waals surface area contributed by atoms with Crippen LogP contribution < -0.4 is 9.60 Å². The first-order chi connectivity index (χ1) is 22.2. The molecule has 2 heterocycles. The van der Waals surface area contributed by atoms with Gasteiger partial charge in [-0.3, -0.25) is 9.59 Å². The van der Waals surface area contributed by atoms with E-state index in [0.29, 0.717) is 82.1 Å². The number of aromatic nitrogens is 2. The van der Waals surface area contributed by atoms with Crippen LogP contribution in [0.1, 0.15) is 65.2 Å². The number of carbonyl (C=O) groups is 2. The molecule has 0 spiro atoms. The van der Waals surface area contributed by atoms with Crippen LogP contribution in [0.2, 0.25) is 20.1 Å². The second-order valence-corrected chi connectivity index (χ2v) is 14.1. The lowest BCUT2D eigenvalue weighted by molar-refractivity contribution is -0.119. The smallest absolute Gasteiger partial charge is 0.248 e. The molecule has 0 saturated heterocycles. The van der Waals surface area contributed by atoms with Gasteiger partial charge in [-0.15, -0.1) is 0 Å². The fourth-order valence-corrected chi connectivity index (χ4v) is 8.09. The van der Waals surface area contributed by atoms with Crippen LogP contribution in [0.5, 0.6) is 0 Å². The number of unbranched alkanes of at least 4 members (excludes halogenated alkanes) is 5. The zero-order valence-corrected chi connectivity index (χ0v) is 30.6. The third-order valence-corrected chi connectivity index (χ3v) is 10.9. The largest absolute Gasteiger partial charge is 0.380 e. The summed E-state index contributed by atoms with van der Waals surface area (Å²) in [5.41, 5.74) is 1.55. The topological polar surface area (TPSA) is 87.2 Å². The number of thiazole rings is 2. The minimum atomic E-state index is -0.158. The van der Waals surface area contributed by atoms with Gasteiger partial charge in [0.25, 0.3) is 0 Å².